The van der Waals surface area contributed by atoms with Gasteiger partial charge in [-0.1, -0.05) is 12.6 Å². The average Bonchev–Trinajstić information content (AvgIpc) is 2.60. The number of ether oxygens (including phenoxy) is 2. The maximum Gasteiger partial charge on any atom is 0.121 e. The minimum atomic E-state index is 0.159. The van der Waals surface area contributed by atoms with Gasteiger partial charge in [0.05, 0.1) is 34.9 Å². The molecule has 2 aromatic rings. The Morgan fingerprint density at radius 2 is 2.17 bits per heavy atom. The van der Waals surface area contributed by atoms with E-state index in [0.717, 1.165) is 16.7 Å². The summed E-state index contributed by atoms with van der Waals surface area (Å²) in [5.41, 5.74) is 3.04. The van der Waals surface area contributed by atoms with Gasteiger partial charge in [0.15, 0.2) is 0 Å². The van der Waals surface area contributed by atoms with Crippen LogP contribution in [0.3, 0.4) is 0 Å². The number of methoxy groups -OCH3 is 1. The summed E-state index contributed by atoms with van der Waals surface area (Å²) in [6.45, 7) is 6.86. The summed E-state index contributed by atoms with van der Waals surface area (Å²) in [6, 6.07) is 7.26. The van der Waals surface area contributed by atoms with Gasteiger partial charge in [-0.3, -0.25) is 0 Å². The summed E-state index contributed by atoms with van der Waals surface area (Å²) in [5.74, 6) is 0.596. The first-order valence-corrected chi connectivity index (χ1v) is 8.21. The molecule has 0 fully saturated rings. The zero-order valence-corrected chi connectivity index (χ0v) is 14.9. The van der Waals surface area contributed by atoms with E-state index >= 15 is 0 Å². The highest BCUT2D eigenvalue weighted by atomic mass is 32.2. The van der Waals surface area contributed by atoms with Crippen molar-refractivity contribution in [2.75, 3.05) is 27.4 Å². The number of aromatic nitrogens is 1. The molecule has 0 radical (unpaired) electrons. The highest BCUT2D eigenvalue weighted by Crippen LogP contribution is 2.33. The number of rotatable bonds is 8. The van der Waals surface area contributed by atoms with Gasteiger partial charge in [0, 0.05) is 25.2 Å². The Balaban J connectivity index is 2.38. The van der Waals surface area contributed by atoms with Crippen LogP contribution in [0.15, 0.2) is 47.5 Å². The molecule has 0 unspecified atom stereocenters. The number of allylic oxidation sites excluding steroid dienone is 3. The molecule has 0 spiro atoms. The van der Waals surface area contributed by atoms with Gasteiger partial charge in [-0.25, -0.2) is 4.98 Å². The molecule has 24 heavy (non-hydrogen) atoms. The van der Waals surface area contributed by atoms with Crippen LogP contribution in [0.4, 0.5) is 3.89 Å². The van der Waals surface area contributed by atoms with Crippen molar-refractivity contribution in [2.45, 2.75) is 11.8 Å². The molecule has 2 rings (SSSR count). The largest absolute Gasteiger partial charge is 0.491 e. The molecule has 1 aromatic carbocycles. The minimum absolute atomic E-state index is 0.159. The van der Waals surface area contributed by atoms with Crippen LogP contribution >= 0.6 is 12.1 Å². The summed E-state index contributed by atoms with van der Waals surface area (Å²) >= 11 is 0.159. The second-order valence-electron chi connectivity index (χ2n) is 5.21. The topological polar surface area (TPSA) is 43.4 Å². The monoisotopic (exact) mass is 348 g/mol. The number of halogens is 1. The predicted octanol–water partition coefficient (Wildman–Crippen LogP) is 4.37. The number of hydrogen-bond acceptors (Lipinski definition) is 5. The lowest BCUT2D eigenvalue weighted by Crippen LogP contribution is -2.04. The van der Waals surface area contributed by atoms with Crippen molar-refractivity contribution in [3.63, 3.8) is 0 Å². The predicted molar refractivity (Wildman–Crippen MR) is 97.9 cm³/mol. The Kier molecular flexibility index (Phi) is 6.63. The van der Waals surface area contributed by atoms with E-state index in [2.05, 4.69) is 16.9 Å². The number of nitrogens with zero attached hydrogens (tertiary/aromatic N) is 1. The maximum absolute atomic E-state index is 13.4. The standard InChI is InChI=1S/C18H21FN2O2S/c1-12(9-13(2)20-3)16-6-5-14-10-15(23-8-7-22-4)11-17(24-19)18(14)21-16/h5-6,9-11,20H,1,7-8H2,2-4H3/b13-9+. The van der Waals surface area contributed by atoms with Crippen molar-refractivity contribution in [3.8, 4) is 5.75 Å². The van der Waals surface area contributed by atoms with Crippen LogP contribution in [0.5, 0.6) is 5.75 Å². The van der Waals surface area contributed by atoms with Gasteiger partial charge in [-0.05, 0) is 36.8 Å². The van der Waals surface area contributed by atoms with Crippen molar-refractivity contribution in [2.24, 2.45) is 0 Å². The van der Waals surface area contributed by atoms with Crippen LogP contribution < -0.4 is 10.1 Å². The number of hydrogen-bond donors (Lipinski definition) is 1. The molecule has 1 heterocycles. The molecule has 6 heteroatoms. The third-order valence-electron chi connectivity index (χ3n) is 3.48. The van der Waals surface area contributed by atoms with E-state index in [0.29, 0.717) is 35.1 Å². The average molecular weight is 348 g/mol. The summed E-state index contributed by atoms with van der Waals surface area (Å²) < 4.78 is 23.9. The van der Waals surface area contributed by atoms with Crippen LogP contribution in [0.1, 0.15) is 12.6 Å². The minimum Gasteiger partial charge on any atom is -0.491 e. The summed E-state index contributed by atoms with van der Waals surface area (Å²) in [5, 5.41) is 3.85. The van der Waals surface area contributed by atoms with E-state index in [1.807, 2.05) is 38.2 Å². The van der Waals surface area contributed by atoms with Gasteiger partial charge in [0.1, 0.15) is 12.4 Å². The Hall–Kier alpha value is -2.05. The van der Waals surface area contributed by atoms with E-state index < -0.39 is 0 Å². The zero-order chi connectivity index (χ0) is 17.5. The third-order valence-corrected chi connectivity index (χ3v) is 3.96. The van der Waals surface area contributed by atoms with Crippen molar-refractivity contribution in [1.29, 1.82) is 0 Å². The highest BCUT2D eigenvalue weighted by molar-refractivity contribution is 7.94. The fourth-order valence-electron chi connectivity index (χ4n) is 2.15. The first-order valence-electron chi connectivity index (χ1n) is 7.49. The molecule has 0 saturated heterocycles. The van der Waals surface area contributed by atoms with Gasteiger partial charge in [0.25, 0.3) is 0 Å². The quantitative estimate of drug-likeness (QED) is 0.567. The van der Waals surface area contributed by atoms with Crippen LogP contribution in [0, 0.1) is 0 Å². The van der Waals surface area contributed by atoms with Crippen LogP contribution in [-0.4, -0.2) is 32.4 Å². The Morgan fingerprint density at radius 1 is 1.38 bits per heavy atom. The molecule has 0 aliphatic rings. The van der Waals surface area contributed by atoms with Crippen molar-refractivity contribution in [1.82, 2.24) is 10.3 Å². The Labute approximate surface area is 146 Å². The van der Waals surface area contributed by atoms with E-state index in [1.54, 1.807) is 13.2 Å². The summed E-state index contributed by atoms with van der Waals surface area (Å²) in [4.78, 5) is 4.98. The Bertz CT molecular complexity index is 762. The summed E-state index contributed by atoms with van der Waals surface area (Å²) in [6.07, 6.45) is 1.90. The van der Waals surface area contributed by atoms with Gasteiger partial charge in [0.2, 0.25) is 0 Å². The molecule has 0 atom stereocenters. The number of nitrogens with one attached hydrogen (secondary N) is 1. The van der Waals surface area contributed by atoms with Crippen molar-refractivity contribution in [3.05, 3.63) is 48.3 Å². The van der Waals surface area contributed by atoms with Crippen molar-refractivity contribution < 1.29 is 13.4 Å². The van der Waals surface area contributed by atoms with Gasteiger partial charge in [-0.2, -0.15) is 3.89 Å². The van der Waals surface area contributed by atoms with Crippen LogP contribution in [0.2, 0.25) is 0 Å². The molecule has 4 nitrogen and oxygen atoms in total. The number of benzene rings is 1. The van der Waals surface area contributed by atoms with Gasteiger partial charge in [-0.15, -0.1) is 0 Å². The zero-order valence-electron chi connectivity index (χ0n) is 14.1. The molecule has 0 amide bonds. The molecular formula is C18H21FN2O2S. The van der Waals surface area contributed by atoms with Gasteiger partial charge >= 0.3 is 0 Å². The molecule has 0 bridgehead atoms. The maximum atomic E-state index is 13.4. The molecule has 0 aliphatic carbocycles. The molecule has 0 saturated carbocycles. The second-order valence-corrected chi connectivity index (χ2v) is 5.80. The van der Waals surface area contributed by atoms with E-state index in [-0.39, 0.29) is 12.1 Å². The highest BCUT2D eigenvalue weighted by Gasteiger charge is 2.10. The fraction of sp³-hybridized carbons (Fsp3) is 0.278. The first-order chi connectivity index (χ1) is 11.6. The normalized spacial score (nSPS) is 11.6. The molecular weight excluding hydrogens is 327 g/mol. The van der Waals surface area contributed by atoms with Crippen LogP contribution in [0.25, 0.3) is 16.5 Å². The molecule has 0 aliphatic heterocycles. The van der Waals surface area contributed by atoms with E-state index in [4.69, 9.17) is 9.47 Å². The number of fused-ring (bicyclic) bond motifs is 1. The smallest absolute Gasteiger partial charge is 0.121 e. The Morgan fingerprint density at radius 3 is 2.83 bits per heavy atom. The molecule has 128 valence electrons. The van der Waals surface area contributed by atoms with E-state index in [9.17, 15) is 3.89 Å². The lowest BCUT2D eigenvalue weighted by molar-refractivity contribution is 0.146. The molecule has 1 aromatic heterocycles. The van der Waals surface area contributed by atoms with Crippen LogP contribution in [-0.2, 0) is 4.74 Å². The number of pyridine rings is 1. The molecule has 1 N–H and O–H groups in total. The lowest BCUT2D eigenvalue weighted by atomic mass is 10.1. The summed E-state index contributed by atoms with van der Waals surface area (Å²) in [7, 11) is 3.45. The van der Waals surface area contributed by atoms with Gasteiger partial charge < -0.3 is 14.8 Å². The third kappa shape index (κ3) is 4.49. The SMILES string of the molecule is C=C(/C=C(\C)NC)c1ccc2cc(OCCOC)cc(SF)c2n1. The van der Waals surface area contributed by atoms with Crippen molar-refractivity contribution >= 4 is 28.6 Å². The van der Waals surface area contributed by atoms with E-state index in [1.165, 1.54) is 0 Å². The second kappa shape index (κ2) is 8.70. The first kappa shape index (κ1) is 18.3. The fourth-order valence-corrected chi connectivity index (χ4v) is 2.54. The lowest BCUT2D eigenvalue weighted by Gasteiger charge is -2.10.